The second-order valence-electron chi connectivity index (χ2n) is 5.54. The highest BCUT2D eigenvalue weighted by Crippen LogP contribution is 2.22. The number of hydrogen-bond acceptors (Lipinski definition) is 4. The predicted octanol–water partition coefficient (Wildman–Crippen LogP) is 2.96. The summed E-state index contributed by atoms with van der Waals surface area (Å²) in [6.45, 7) is 2.24. The quantitative estimate of drug-likeness (QED) is 0.452. The number of nitrogens with zero attached hydrogens (tertiary/aromatic N) is 1. The molecule has 0 aromatic heterocycles. The maximum atomic E-state index is 12.0. The minimum absolute atomic E-state index is 0.146. The van der Waals surface area contributed by atoms with Crippen LogP contribution in [-0.2, 0) is 17.6 Å². The smallest absolute Gasteiger partial charge is 0.244 e. The van der Waals surface area contributed by atoms with Crippen LogP contribution in [0.15, 0.2) is 47.6 Å². The van der Waals surface area contributed by atoms with Crippen LogP contribution >= 0.6 is 0 Å². The lowest BCUT2D eigenvalue weighted by Crippen LogP contribution is -2.19. The molecule has 1 amide bonds. The molecular formula is C21H22N2O3. The number of carbonyl (C=O) groups excluding carboxylic acids is 1. The van der Waals surface area contributed by atoms with Gasteiger partial charge in [0.2, 0.25) is 5.91 Å². The Morgan fingerprint density at radius 3 is 2.62 bits per heavy atom. The zero-order chi connectivity index (χ0) is 18.8. The predicted molar refractivity (Wildman–Crippen MR) is 103 cm³/mol. The lowest BCUT2D eigenvalue weighted by molar-refractivity contribution is -0.120. The fraction of sp³-hybridized carbons (Fsp3) is 0.238. The van der Waals surface area contributed by atoms with Gasteiger partial charge >= 0.3 is 0 Å². The van der Waals surface area contributed by atoms with Crippen LogP contribution in [0.3, 0.4) is 0 Å². The van der Waals surface area contributed by atoms with Crippen molar-refractivity contribution in [2.75, 3.05) is 13.7 Å². The Bertz CT molecular complexity index is 805. The summed E-state index contributed by atoms with van der Waals surface area (Å²) in [7, 11) is 1.57. The average Bonchev–Trinajstić information content (AvgIpc) is 2.67. The van der Waals surface area contributed by atoms with Crippen LogP contribution < -0.4 is 14.9 Å². The van der Waals surface area contributed by atoms with Crippen LogP contribution in [0.5, 0.6) is 11.5 Å². The van der Waals surface area contributed by atoms with Crippen molar-refractivity contribution in [1.29, 1.82) is 0 Å². The van der Waals surface area contributed by atoms with Crippen LogP contribution in [0.4, 0.5) is 0 Å². The third kappa shape index (κ3) is 5.67. The first-order valence-corrected chi connectivity index (χ1v) is 8.30. The molecule has 0 aliphatic heterocycles. The van der Waals surface area contributed by atoms with Crippen molar-refractivity contribution in [2.24, 2.45) is 5.10 Å². The molecular weight excluding hydrogens is 328 g/mol. The van der Waals surface area contributed by atoms with Gasteiger partial charge in [-0.1, -0.05) is 37.1 Å². The minimum atomic E-state index is -0.195. The summed E-state index contributed by atoms with van der Waals surface area (Å²) in [6, 6.07) is 13.2. The summed E-state index contributed by atoms with van der Waals surface area (Å²) in [5.74, 6) is 3.44. The lowest BCUT2D eigenvalue weighted by atomic mass is 10.1. The number of terminal acetylenes is 1. The summed E-state index contributed by atoms with van der Waals surface area (Å²) in [4.78, 5) is 12.0. The molecule has 0 aliphatic carbocycles. The van der Waals surface area contributed by atoms with E-state index in [0.717, 1.165) is 12.0 Å². The number of nitrogens with one attached hydrogen (secondary N) is 1. The molecule has 0 saturated carbocycles. The van der Waals surface area contributed by atoms with E-state index in [1.807, 2.05) is 24.3 Å². The van der Waals surface area contributed by atoms with E-state index in [0.29, 0.717) is 17.1 Å². The highest BCUT2D eigenvalue weighted by atomic mass is 16.5. The van der Waals surface area contributed by atoms with Crippen molar-refractivity contribution in [2.45, 2.75) is 19.8 Å². The fourth-order valence-corrected chi connectivity index (χ4v) is 2.30. The standard InChI is InChI=1S/C21H22N2O3/c1-4-12-26-20-11-10-19(25-3)14-18(20)15-22-23-21(24)13-17-8-6-16(5-2)7-9-17/h1,6-11,14-15H,5,12-13H2,2-3H3,(H,23,24)/b22-15+. The van der Waals surface area contributed by atoms with Gasteiger partial charge in [0.05, 0.1) is 19.7 Å². The molecule has 0 spiro atoms. The van der Waals surface area contributed by atoms with E-state index in [9.17, 15) is 4.79 Å². The Kier molecular flexibility index (Phi) is 7.26. The van der Waals surface area contributed by atoms with E-state index in [1.54, 1.807) is 25.3 Å². The Balaban J connectivity index is 1.99. The molecule has 0 fully saturated rings. The van der Waals surface area contributed by atoms with Crippen molar-refractivity contribution < 1.29 is 14.3 Å². The molecule has 0 radical (unpaired) electrons. The van der Waals surface area contributed by atoms with Gasteiger partial charge in [-0.15, -0.1) is 6.42 Å². The SMILES string of the molecule is C#CCOc1ccc(OC)cc1/C=N/NC(=O)Cc1ccc(CC)cc1. The molecule has 5 nitrogen and oxygen atoms in total. The van der Waals surface area contributed by atoms with Crippen LogP contribution in [0, 0.1) is 12.3 Å². The zero-order valence-corrected chi connectivity index (χ0v) is 15.0. The molecule has 134 valence electrons. The largest absolute Gasteiger partial charge is 0.497 e. The highest BCUT2D eigenvalue weighted by Gasteiger charge is 2.05. The first-order chi connectivity index (χ1) is 12.7. The molecule has 0 bridgehead atoms. The maximum Gasteiger partial charge on any atom is 0.244 e. The van der Waals surface area contributed by atoms with E-state index in [4.69, 9.17) is 15.9 Å². The van der Waals surface area contributed by atoms with Crippen molar-refractivity contribution in [1.82, 2.24) is 5.43 Å². The van der Waals surface area contributed by atoms with Crippen LogP contribution in [0.25, 0.3) is 0 Å². The first-order valence-electron chi connectivity index (χ1n) is 8.30. The first kappa shape index (κ1) is 19.1. The van der Waals surface area contributed by atoms with Gasteiger partial charge in [-0.05, 0) is 35.7 Å². The third-order valence-electron chi connectivity index (χ3n) is 3.72. The molecule has 0 atom stereocenters. The number of ether oxygens (including phenoxy) is 2. The van der Waals surface area contributed by atoms with Crippen LogP contribution in [0.1, 0.15) is 23.6 Å². The van der Waals surface area contributed by atoms with Gasteiger partial charge in [0.1, 0.15) is 18.1 Å². The maximum absolute atomic E-state index is 12.0. The summed E-state index contributed by atoms with van der Waals surface area (Å²) < 4.78 is 10.7. The van der Waals surface area contributed by atoms with Crippen molar-refractivity contribution in [3.8, 4) is 23.8 Å². The number of rotatable bonds is 8. The number of aryl methyl sites for hydroxylation is 1. The normalized spacial score (nSPS) is 10.3. The number of hydrazone groups is 1. The van der Waals surface area contributed by atoms with Crippen molar-refractivity contribution >= 4 is 12.1 Å². The fourth-order valence-electron chi connectivity index (χ4n) is 2.30. The average molecular weight is 350 g/mol. The van der Waals surface area contributed by atoms with Gasteiger partial charge in [-0.3, -0.25) is 4.79 Å². The summed E-state index contributed by atoms with van der Waals surface area (Å²) >= 11 is 0. The molecule has 2 aromatic carbocycles. The Hall–Kier alpha value is -3.26. The molecule has 1 N–H and O–H groups in total. The Morgan fingerprint density at radius 1 is 1.23 bits per heavy atom. The van der Waals surface area contributed by atoms with E-state index >= 15 is 0 Å². The van der Waals surface area contributed by atoms with Gasteiger partial charge in [-0.2, -0.15) is 5.10 Å². The van der Waals surface area contributed by atoms with Crippen LogP contribution in [-0.4, -0.2) is 25.8 Å². The highest BCUT2D eigenvalue weighted by molar-refractivity contribution is 5.86. The molecule has 0 unspecified atom stereocenters. The molecule has 5 heteroatoms. The summed E-state index contributed by atoms with van der Waals surface area (Å²) in [6.07, 6.45) is 7.97. The minimum Gasteiger partial charge on any atom is -0.497 e. The zero-order valence-electron chi connectivity index (χ0n) is 15.0. The Morgan fingerprint density at radius 2 is 1.96 bits per heavy atom. The van der Waals surface area contributed by atoms with E-state index in [-0.39, 0.29) is 18.9 Å². The second kappa shape index (κ2) is 9.90. The third-order valence-corrected chi connectivity index (χ3v) is 3.72. The van der Waals surface area contributed by atoms with Crippen molar-refractivity contribution in [3.05, 3.63) is 59.2 Å². The topological polar surface area (TPSA) is 59.9 Å². The van der Waals surface area contributed by atoms with Gasteiger partial charge < -0.3 is 9.47 Å². The number of amides is 1. The van der Waals surface area contributed by atoms with E-state index < -0.39 is 0 Å². The van der Waals surface area contributed by atoms with Gasteiger partial charge in [0, 0.05) is 5.56 Å². The van der Waals surface area contributed by atoms with Gasteiger partial charge in [0.25, 0.3) is 0 Å². The number of methoxy groups -OCH3 is 1. The summed E-state index contributed by atoms with van der Waals surface area (Å²) in [5.41, 5.74) is 5.36. The van der Waals surface area contributed by atoms with Gasteiger partial charge in [-0.25, -0.2) is 5.43 Å². The monoisotopic (exact) mass is 350 g/mol. The van der Waals surface area contributed by atoms with E-state index in [2.05, 4.69) is 23.4 Å². The summed E-state index contributed by atoms with van der Waals surface area (Å²) in [5, 5.41) is 4.00. The second-order valence-corrected chi connectivity index (χ2v) is 5.54. The number of hydrogen-bond donors (Lipinski definition) is 1. The molecule has 0 saturated heterocycles. The Labute approximate surface area is 154 Å². The van der Waals surface area contributed by atoms with Crippen molar-refractivity contribution in [3.63, 3.8) is 0 Å². The molecule has 26 heavy (non-hydrogen) atoms. The number of benzene rings is 2. The number of carbonyl (C=O) groups is 1. The lowest BCUT2D eigenvalue weighted by Gasteiger charge is -2.08. The van der Waals surface area contributed by atoms with Gasteiger partial charge in [0.15, 0.2) is 0 Å². The molecule has 0 heterocycles. The molecule has 2 rings (SSSR count). The van der Waals surface area contributed by atoms with E-state index in [1.165, 1.54) is 11.8 Å². The molecule has 0 aliphatic rings. The van der Waals surface area contributed by atoms with Crippen LogP contribution in [0.2, 0.25) is 0 Å². The molecule has 2 aromatic rings.